The first-order valence-corrected chi connectivity index (χ1v) is 6.52. The number of carboxylic acid groups (broad SMARTS) is 1. The van der Waals surface area contributed by atoms with Crippen LogP contribution in [-0.2, 0) is 0 Å². The van der Waals surface area contributed by atoms with Gasteiger partial charge in [0.05, 0.1) is 22.0 Å². The molecule has 1 aromatic carbocycles. The number of amides is 1. The van der Waals surface area contributed by atoms with Crippen LogP contribution in [0.1, 0.15) is 30.7 Å². The predicted octanol–water partition coefficient (Wildman–Crippen LogP) is 2.42. The summed E-state index contributed by atoms with van der Waals surface area (Å²) in [7, 11) is 0. The molecule has 0 atom stereocenters. The Kier molecular flexibility index (Phi) is 3.71. The monoisotopic (exact) mass is 292 g/mol. The van der Waals surface area contributed by atoms with Crippen molar-refractivity contribution in [2.75, 3.05) is 5.32 Å². The van der Waals surface area contributed by atoms with Gasteiger partial charge in [-0.25, -0.2) is 9.78 Å². The van der Waals surface area contributed by atoms with Gasteiger partial charge in [0, 0.05) is 0 Å². The molecule has 0 saturated heterocycles. The number of aromatic hydroxyl groups is 1. The van der Waals surface area contributed by atoms with Crippen molar-refractivity contribution in [3.63, 3.8) is 0 Å². The maximum absolute atomic E-state index is 12.1. The van der Waals surface area contributed by atoms with E-state index in [1.165, 1.54) is 29.5 Å². The fourth-order valence-corrected chi connectivity index (χ4v) is 2.51. The van der Waals surface area contributed by atoms with E-state index in [9.17, 15) is 14.7 Å². The van der Waals surface area contributed by atoms with E-state index in [1.54, 1.807) is 13.8 Å². The first-order valence-electron chi connectivity index (χ1n) is 5.70. The maximum atomic E-state index is 12.1. The van der Waals surface area contributed by atoms with E-state index in [0.717, 1.165) is 5.01 Å². The number of carbonyl (C=O) groups is 2. The van der Waals surface area contributed by atoms with Crippen molar-refractivity contribution in [1.82, 2.24) is 4.98 Å². The molecular weight excluding hydrogens is 280 g/mol. The zero-order valence-corrected chi connectivity index (χ0v) is 11.6. The molecule has 104 valence electrons. The Morgan fingerprint density at radius 1 is 1.30 bits per heavy atom. The van der Waals surface area contributed by atoms with Crippen LogP contribution in [0.15, 0.2) is 18.2 Å². The average Bonchev–Trinajstić information content (AvgIpc) is 2.71. The number of aromatic nitrogens is 1. The number of nitrogens with one attached hydrogen (secondary N) is 1. The van der Waals surface area contributed by atoms with Crippen LogP contribution in [0.5, 0.6) is 5.75 Å². The van der Waals surface area contributed by atoms with Gasteiger partial charge in [0.25, 0.3) is 5.91 Å². The topological polar surface area (TPSA) is 99.5 Å². The van der Waals surface area contributed by atoms with E-state index in [2.05, 4.69) is 10.3 Å². The minimum absolute atomic E-state index is 0.0182. The molecule has 6 nitrogen and oxygen atoms in total. The molecule has 0 fully saturated rings. The summed E-state index contributed by atoms with van der Waals surface area (Å²) in [5.41, 5.74) is 0.634. The second-order valence-corrected chi connectivity index (χ2v) is 5.34. The van der Waals surface area contributed by atoms with Crippen LogP contribution in [0.3, 0.4) is 0 Å². The van der Waals surface area contributed by atoms with Gasteiger partial charge in [-0.2, -0.15) is 0 Å². The Morgan fingerprint density at radius 3 is 2.55 bits per heavy atom. The first-order chi connectivity index (χ1) is 9.38. The summed E-state index contributed by atoms with van der Waals surface area (Å²) in [4.78, 5) is 27.5. The molecule has 1 aromatic heterocycles. The number of anilines is 1. The van der Waals surface area contributed by atoms with Crippen molar-refractivity contribution >= 4 is 28.9 Å². The van der Waals surface area contributed by atoms with E-state index in [-0.39, 0.29) is 17.0 Å². The molecule has 1 heterocycles. The molecule has 1 amide bonds. The van der Waals surface area contributed by atoms with Gasteiger partial charge in [0.15, 0.2) is 0 Å². The summed E-state index contributed by atoms with van der Waals surface area (Å²) in [6.07, 6.45) is 0. The highest BCUT2D eigenvalue weighted by atomic mass is 32.1. The van der Waals surface area contributed by atoms with Crippen molar-refractivity contribution in [2.45, 2.75) is 13.8 Å². The number of rotatable bonds is 3. The van der Waals surface area contributed by atoms with Crippen molar-refractivity contribution in [3.8, 4) is 5.75 Å². The zero-order valence-electron chi connectivity index (χ0n) is 10.8. The molecule has 0 aliphatic heterocycles. The highest BCUT2D eigenvalue weighted by molar-refractivity contribution is 7.13. The number of hydrogen-bond acceptors (Lipinski definition) is 5. The van der Waals surface area contributed by atoms with E-state index in [1.807, 2.05) is 0 Å². The number of hydrogen-bond donors (Lipinski definition) is 3. The smallest absolute Gasteiger partial charge is 0.335 e. The van der Waals surface area contributed by atoms with E-state index in [0.29, 0.717) is 10.6 Å². The number of nitrogens with zero attached hydrogens (tertiary/aromatic N) is 1. The van der Waals surface area contributed by atoms with Gasteiger partial charge < -0.3 is 15.5 Å². The number of carboxylic acids is 1. The third kappa shape index (κ3) is 2.77. The van der Waals surface area contributed by atoms with Crippen LogP contribution in [0.2, 0.25) is 0 Å². The van der Waals surface area contributed by atoms with Crippen molar-refractivity contribution in [2.24, 2.45) is 0 Å². The zero-order chi connectivity index (χ0) is 14.9. The Hall–Kier alpha value is -2.41. The number of benzene rings is 1. The lowest BCUT2D eigenvalue weighted by Gasteiger charge is -2.07. The Morgan fingerprint density at radius 2 is 2.00 bits per heavy atom. The standard InChI is InChI=1S/C13H12N2O4S/c1-6-11(20-7(2)14-6)12(17)15-9-5-8(13(18)19)3-4-10(9)16/h3-5,16H,1-2H3,(H,15,17)(H,18,19). The Balaban J connectivity index is 2.30. The maximum Gasteiger partial charge on any atom is 0.335 e. The molecule has 0 radical (unpaired) electrons. The van der Waals surface area contributed by atoms with Crippen molar-refractivity contribution in [3.05, 3.63) is 39.3 Å². The largest absolute Gasteiger partial charge is 0.506 e. The Labute approximate surface area is 118 Å². The third-order valence-corrected chi connectivity index (χ3v) is 3.67. The number of phenolic OH excluding ortho intramolecular Hbond substituents is 1. The number of aromatic carboxylic acids is 1. The summed E-state index contributed by atoms with van der Waals surface area (Å²) in [6, 6.07) is 3.69. The van der Waals surface area contributed by atoms with E-state index >= 15 is 0 Å². The molecule has 7 heteroatoms. The summed E-state index contributed by atoms with van der Waals surface area (Å²) < 4.78 is 0. The summed E-state index contributed by atoms with van der Waals surface area (Å²) >= 11 is 1.24. The number of thiazole rings is 1. The van der Waals surface area contributed by atoms with Crippen LogP contribution in [0, 0.1) is 13.8 Å². The molecule has 0 unspecified atom stereocenters. The second kappa shape index (κ2) is 5.30. The number of phenols is 1. The van der Waals surface area contributed by atoms with E-state index < -0.39 is 11.9 Å². The summed E-state index contributed by atoms with van der Waals surface area (Å²) in [5, 5.41) is 21.8. The van der Waals surface area contributed by atoms with Crippen LogP contribution >= 0.6 is 11.3 Å². The molecule has 0 aliphatic rings. The highest BCUT2D eigenvalue weighted by Gasteiger charge is 2.16. The number of aryl methyl sites for hydroxylation is 2. The van der Waals surface area contributed by atoms with Gasteiger partial charge in [0.1, 0.15) is 10.6 Å². The predicted molar refractivity (Wildman–Crippen MR) is 74.6 cm³/mol. The van der Waals surface area contributed by atoms with E-state index in [4.69, 9.17) is 5.11 Å². The quantitative estimate of drug-likeness (QED) is 0.754. The lowest BCUT2D eigenvalue weighted by atomic mass is 10.2. The minimum atomic E-state index is -1.13. The molecule has 2 rings (SSSR count). The fourth-order valence-electron chi connectivity index (χ4n) is 1.69. The lowest BCUT2D eigenvalue weighted by Crippen LogP contribution is -2.12. The molecule has 0 bridgehead atoms. The number of carbonyl (C=O) groups excluding carboxylic acids is 1. The van der Waals surface area contributed by atoms with Gasteiger partial charge in [-0.1, -0.05) is 0 Å². The molecule has 0 saturated carbocycles. The molecule has 2 aromatic rings. The second-order valence-electron chi connectivity index (χ2n) is 4.14. The normalized spacial score (nSPS) is 10.3. The molecule has 20 heavy (non-hydrogen) atoms. The molecule has 0 aliphatic carbocycles. The van der Waals surface area contributed by atoms with Crippen molar-refractivity contribution in [1.29, 1.82) is 0 Å². The van der Waals surface area contributed by atoms with Crippen molar-refractivity contribution < 1.29 is 19.8 Å². The lowest BCUT2D eigenvalue weighted by molar-refractivity contribution is 0.0696. The summed E-state index contributed by atoms with van der Waals surface area (Å²) in [5.74, 6) is -1.75. The SMILES string of the molecule is Cc1nc(C)c(C(=O)Nc2cc(C(=O)O)ccc2O)s1. The van der Waals surface area contributed by atoms with Gasteiger partial charge in [-0.05, 0) is 32.0 Å². The third-order valence-electron chi connectivity index (χ3n) is 2.60. The van der Waals surface area contributed by atoms with Gasteiger partial charge in [0.2, 0.25) is 0 Å². The highest BCUT2D eigenvalue weighted by Crippen LogP contribution is 2.26. The summed E-state index contributed by atoms with van der Waals surface area (Å²) in [6.45, 7) is 3.50. The Bertz CT molecular complexity index is 694. The average molecular weight is 292 g/mol. The fraction of sp³-hybridized carbons (Fsp3) is 0.154. The van der Waals surface area contributed by atoms with Crippen LogP contribution < -0.4 is 5.32 Å². The molecule has 3 N–H and O–H groups in total. The molecular formula is C13H12N2O4S. The van der Waals surface area contributed by atoms with Gasteiger partial charge >= 0.3 is 5.97 Å². The minimum Gasteiger partial charge on any atom is -0.506 e. The van der Waals surface area contributed by atoms with Gasteiger partial charge in [-0.15, -0.1) is 11.3 Å². The molecule has 0 spiro atoms. The first kappa shape index (κ1) is 14.0. The van der Waals surface area contributed by atoms with Crippen LogP contribution in [0.4, 0.5) is 5.69 Å². The van der Waals surface area contributed by atoms with Crippen LogP contribution in [0.25, 0.3) is 0 Å². The van der Waals surface area contributed by atoms with Crippen LogP contribution in [-0.4, -0.2) is 27.1 Å². The van der Waals surface area contributed by atoms with Gasteiger partial charge in [-0.3, -0.25) is 4.79 Å².